The molecule has 1 aliphatic heterocycles. The SMILES string of the molecule is O=C(OCCCO[N+](=O)[O-])N1CCN=C1Nc1c(Cl)cccc1Cl. The Morgan fingerprint density at radius 3 is 2.75 bits per heavy atom. The highest BCUT2D eigenvalue weighted by molar-refractivity contribution is 6.39. The zero-order valence-corrected chi connectivity index (χ0v) is 13.9. The molecule has 1 amide bonds. The first-order chi connectivity index (χ1) is 11.5. The Morgan fingerprint density at radius 2 is 2.08 bits per heavy atom. The summed E-state index contributed by atoms with van der Waals surface area (Å²) < 4.78 is 5.03. The number of benzene rings is 1. The lowest BCUT2D eigenvalue weighted by atomic mass is 10.3. The average Bonchev–Trinajstić information content (AvgIpc) is 2.98. The molecule has 0 saturated heterocycles. The van der Waals surface area contributed by atoms with Crippen LogP contribution in [0.2, 0.25) is 10.0 Å². The number of carbonyl (C=O) groups excluding carboxylic acids is 1. The van der Waals surface area contributed by atoms with Crippen LogP contribution in [0.25, 0.3) is 0 Å². The summed E-state index contributed by atoms with van der Waals surface area (Å²) in [5.74, 6) is 0.275. The number of halogens is 2. The number of nitrogens with one attached hydrogen (secondary N) is 1. The molecule has 0 aliphatic carbocycles. The van der Waals surface area contributed by atoms with Gasteiger partial charge in [-0.05, 0) is 12.1 Å². The van der Waals surface area contributed by atoms with E-state index in [1.54, 1.807) is 18.2 Å². The van der Waals surface area contributed by atoms with Crippen LogP contribution in [0.5, 0.6) is 0 Å². The van der Waals surface area contributed by atoms with Gasteiger partial charge in [0.15, 0.2) is 0 Å². The molecule has 130 valence electrons. The summed E-state index contributed by atoms with van der Waals surface area (Å²) in [6.45, 7) is 0.594. The zero-order valence-electron chi connectivity index (χ0n) is 12.4. The maximum atomic E-state index is 12.1. The molecule has 0 atom stereocenters. The molecule has 11 heteroatoms. The number of carbonyl (C=O) groups is 1. The van der Waals surface area contributed by atoms with Gasteiger partial charge in [0.2, 0.25) is 5.96 Å². The Morgan fingerprint density at radius 1 is 1.38 bits per heavy atom. The van der Waals surface area contributed by atoms with Crippen molar-refractivity contribution < 1.29 is 19.5 Å². The summed E-state index contributed by atoms with van der Waals surface area (Å²) in [4.78, 5) is 31.7. The smallest absolute Gasteiger partial charge is 0.416 e. The molecule has 1 N–H and O–H groups in total. The number of nitrogens with zero attached hydrogens (tertiary/aromatic N) is 3. The predicted molar refractivity (Wildman–Crippen MR) is 88.0 cm³/mol. The number of anilines is 1. The van der Waals surface area contributed by atoms with Gasteiger partial charge in [-0.25, -0.2) is 9.69 Å². The summed E-state index contributed by atoms with van der Waals surface area (Å²) in [6, 6.07) is 5.01. The van der Waals surface area contributed by atoms with Crippen LogP contribution >= 0.6 is 23.2 Å². The Bertz CT molecular complexity index is 635. The molecule has 0 spiro atoms. The third kappa shape index (κ3) is 4.87. The molecular formula is C13H14Cl2N4O5. The number of guanidine groups is 1. The molecule has 1 aromatic carbocycles. The summed E-state index contributed by atoms with van der Waals surface area (Å²) in [7, 11) is 0. The van der Waals surface area contributed by atoms with E-state index in [0.717, 1.165) is 0 Å². The van der Waals surface area contributed by atoms with Gasteiger partial charge in [0.05, 0.1) is 42.0 Å². The van der Waals surface area contributed by atoms with Crippen molar-refractivity contribution >= 4 is 40.9 Å². The van der Waals surface area contributed by atoms with Crippen LogP contribution < -0.4 is 5.32 Å². The molecule has 0 aromatic heterocycles. The molecule has 0 fully saturated rings. The summed E-state index contributed by atoms with van der Waals surface area (Å²) >= 11 is 12.1. The topological polar surface area (TPSA) is 106 Å². The Labute approximate surface area is 147 Å². The van der Waals surface area contributed by atoms with Gasteiger partial charge in [-0.1, -0.05) is 29.3 Å². The van der Waals surface area contributed by atoms with Crippen LogP contribution in [0.3, 0.4) is 0 Å². The monoisotopic (exact) mass is 376 g/mol. The average molecular weight is 377 g/mol. The molecular weight excluding hydrogens is 363 g/mol. The number of amides is 1. The first-order valence-corrected chi connectivity index (χ1v) is 7.71. The number of aliphatic imine (C=N–C) groups is 1. The minimum Gasteiger partial charge on any atom is -0.449 e. The first-order valence-electron chi connectivity index (χ1n) is 6.96. The lowest BCUT2D eigenvalue weighted by molar-refractivity contribution is -0.757. The van der Waals surface area contributed by atoms with E-state index in [2.05, 4.69) is 15.1 Å². The third-order valence-electron chi connectivity index (χ3n) is 2.97. The van der Waals surface area contributed by atoms with E-state index in [1.165, 1.54) is 4.90 Å². The second-order valence-corrected chi connectivity index (χ2v) is 5.42. The molecule has 0 bridgehead atoms. The van der Waals surface area contributed by atoms with Gasteiger partial charge in [0, 0.05) is 6.42 Å². The maximum absolute atomic E-state index is 12.1. The van der Waals surface area contributed by atoms with E-state index >= 15 is 0 Å². The van der Waals surface area contributed by atoms with E-state index < -0.39 is 11.2 Å². The molecule has 1 heterocycles. The molecule has 1 aromatic rings. The van der Waals surface area contributed by atoms with Crippen molar-refractivity contribution in [3.05, 3.63) is 38.4 Å². The maximum Gasteiger partial charge on any atom is 0.416 e. The van der Waals surface area contributed by atoms with E-state index in [1.807, 2.05) is 0 Å². The van der Waals surface area contributed by atoms with Crippen molar-refractivity contribution in [3.63, 3.8) is 0 Å². The molecule has 9 nitrogen and oxygen atoms in total. The van der Waals surface area contributed by atoms with Crippen LogP contribution in [-0.2, 0) is 9.57 Å². The fourth-order valence-corrected chi connectivity index (χ4v) is 2.39. The number of ether oxygens (including phenoxy) is 1. The van der Waals surface area contributed by atoms with Crippen LogP contribution in [0.1, 0.15) is 6.42 Å². The first kappa shape index (κ1) is 18.1. The quantitative estimate of drug-likeness (QED) is 0.464. The normalized spacial score (nSPS) is 13.4. The molecule has 1 aliphatic rings. The fourth-order valence-electron chi connectivity index (χ4n) is 1.90. The van der Waals surface area contributed by atoms with Crippen molar-refractivity contribution in [2.45, 2.75) is 6.42 Å². The third-order valence-corrected chi connectivity index (χ3v) is 3.60. The Balaban J connectivity index is 1.88. The van der Waals surface area contributed by atoms with Gasteiger partial charge in [-0.15, -0.1) is 10.1 Å². The van der Waals surface area contributed by atoms with Gasteiger partial charge >= 0.3 is 6.09 Å². The highest BCUT2D eigenvalue weighted by atomic mass is 35.5. The van der Waals surface area contributed by atoms with Crippen LogP contribution in [0.4, 0.5) is 10.5 Å². The highest BCUT2D eigenvalue weighted by Gasteiger charge is 2.26. The summed E-state index contributed by atoms with van der Waals surface area (Å²) in [6.07, 6.45) is -0.417. The molecule has 2 rings (SSSR count). The molecule has 0 radical (unpaired) electrons. The number of para-hydroxylation sites is 1. The minimum atomic E-state index is -0.898. The van der Waals surface area contributed by atoms with Gasteiger partial charge in [0.25, 0.3) is 5.09 Å². The standard InChI is InChI=1S/C13H14Cl2N4O5/c14-9-3-1-4-10(15)11(9)17-12-16-5-6-18(12)13(20)23-7-2-8-24-19(21)22/h1,3-4H,2,5-8H2,(H,16,17). The molecule has 0 unspecified atom stereocenters. The summed E-state index contributed by atoms with van der Waals surface area (Å²) in [5, 5.41) is 12.8. The number of rotatable bonds is 6. The van der Waals surface area contributed by atoms with E-state index in [0.29, 0.717) is 28.8 Å². The van der Waals surface area contributed by atoms with Crippen LogP contribution in [-0.4, -0.2) is 48.3 Å². The summed E-state index contributed by atoms with van der Waals surface area (Å²) in [5.41, 5.74) is 0.443. The fraction of sp³-hybridized carbons (Fsp3) is 0.385. The second kappa shape index (κ2) is 8.55. The lowest BCUT2D eigenvalue weighted by Gasteiger charge is -2.19. The lowest BCUT2D eigenvalue weighted by Crippen LogP contribution is -2.39. The number of hydrogen-bond donors (Lipinski definition) is 1. The van der Waals surface area contributed by atoms with Crippen molar-refractivity contribution in [2.24, 2.45) is 4.99 Å². The van der Waals surface area contributed by atoms with Gasteiger partial charge in [0.1, 0.15) is 0 Å². The van der Waals surface area contributed by atoms with E-state index in [-0.39, 0.29) is 25.6 Å². The van der Waals surface area contributed by atoms with Crippen molar-refractivity contribution in [3.8, 4) is 0 Å². The van der Waals surface area contributed by atoms with Gasteiger partial charge < -0.3 is 14.9 Å². The molecule has 0 saturated carbocycles. The van der Waals surface area contributed by atoms with Gasteiger partial charge in [-0.2, -0.15) is 0 Å². The number of hydrogen-bond acceptors (Lipinski definition) is 7. The van der Waals surface area contributed by atoms with Gasteiger partial charge in [-0.3, -0.25) is 4.99 Å². The largest absolute Gasteiger partial charge is 0.449 e. The zero-order chi connectivity index (χ0) is 17.5. The van der Waals surface area contributed by atoms with E-state index in [9.17, 15) is 14.9 Å². The molecule has 24 heavy (non-hydrogen) atoms. The van der Waals surface area contributed by atoms with Crippen molar-refractivity contribution in [1.82, 2.24) is 4.90 Å². The Hall–Kier alpha value is -2.26. The predicted octanol–water partition coefficient (Wildman–Crippen LogP) is 2.81. The van der Waals surface area contributed by atoms with Crippen LogP contribution in [0.15, 0.2) is 23.2 Å². The van der Waals surface area contributed by atoms with Crippen molar-refractivity contribution in [1.29, 1.82) is 0 Å². The Kier molecular flexibility index (Phi) is 6.44. The highest BCUT2D eigenvalue weighted by Crippen LogP contribution is 2.30. The second-order valence-electron chi connectivity index (χ2n) is 4.60. The van der Waals surface area contributed by atoms with E-state index in [4.69, 9.17) is 27.9 Å². The van der Waals surface area contributed by atoms with Crippen molar-refractivity contribution in [2.75, 3.05) is 31.6 Å². The minimum absolute atomic E-state index is 0.0106. The van der Waals surface area contributed by atoms with Crippen LogP contribution in [0, 0.1) is 10.1 Å².